The lowest BCUT2D eigenvalue weighted by molar-refractivity contribution is -0.115. The maximum absolute atomic E-state index is 12.0. The summed E-state index contributed by atoms with van der Waals surface area (Å²) in [6.45, 7) is 0. The van der Waals surface area contributed by atoms with Gasteiger partial charge < -0.3 is 14.2 Å². The van der Waals surface area contributed by atoms with Crippen molar-refractivity contribution in [2.24, 2.45) is 4.99 Å². The molecule has 0 aliphatic carbocycles. The average molecular weight is 304 g/mol. The molecule has 1 amide bonds. The molecule has 3 aromatic rings. The van der Waals surface area contributed by atoms with Crippen LogP contribution in [-0.4, -0.2) is 11.7 Å². The SMILES string of the molecule is O=C1NC(c2ccco2)=NC1=Cc1ccc(-c2ccccc2)o1. The van der Waals surface area contributed by atoms with E-state index in [0.29, 0.717) is 17.4 Å². The van der Waals surface area contributed by atoms with E-state index in [2.05, 4.69) is 10.3 Å². The highest BCUT2D eigenvalue weighted by Crippen LogP contribution is 2.24. The molecule has 1 N–H and O–H groups in total. The van der Waals surface area contributed by atoms with Gasteiger partial charge in [0.2, 0.25) is 0 Å². The van der Waals surface area contributed by atoms with Gasteiger partial charge in [0.05, 0.1) is 6.26 Å². The molecule has 23 heavy (non-hydrogen) atoms. The number of nitrogens with one attached hydrogen (secondary N) is 1. The van der Waals surface area contributed by atoms with Crippen LogP contribution in [0.5, 0.6) is 0 Å². The van der Waals surface area contributed by atoms with Crippen molar-refractivity contribution >= 4 is 17.8 Å². The van der Waals surface area contributed by atoms with Crippen LogP contribution in [0, 0.1) is 0 Å². The molecule has 4 rings (SSSR count). The van der Waals surface area contributed by atoms with Crippen molar-refractivity contribution < 1.29 is 13.6 Å². The number of carbonyl (C=O) groups is 1. The van der Waals surface area contributed by atoms with E-state index in [0.717, 1.165) is 11.3 Å². The highest BCUT2D eigenvalue weighted by atomic mass is 16.3. The lowest BCUT2D eigenvalue weighted by atomic mass is 10.2. The molecule has 0 saturated heterocycles. The Hall–Kier alpha value is -3.34. The fourth-order valence-electron chi connectivity index (χ4n) is 2.32. The number of aliphatic imine (C=N–C) groups is 1. The predicted octanol–water partition coefficient (Wildman–Crippen LogP) is 3.46. The normalized spacial score (nSPS) is 15.7. The number of carbonyl (C=O) groups excluding carboxylic acids is 1. The second-order valence-electron chi connectivity index (χ2n) is 4.99. The minimum atomic E-state index is -0.283. The van der Waals surface area contributed by atoms with E-state index < -0.39 is 0 Å². The second-order valence-corrected chi connectivity index (χ2v) is 4.99. The monoisotopic (exact) mass is 304 g/mol. The van der Waals surface area contributed by atoms with Crippen LogP contribution in [0.2, 0.25) is 0 Å². The molecule has 0 unspecified atom stereocenters. The second kappa shape index (κ2) is 5.46. The summed E-state index contributed by atoms with van der Waals surface area (Å²) < 4.78 is 11.0. The summed E-state index contributed by atoms with van der Waals surface area (Å²) >= 11 is 0. The van der Waals surface area contributed by atoms with E-state index in [-0.39, 0.29) is 11.6 Å². The number of amidine groups is 1. The zero-order valence-electron chi connectivity index (χ0n) is 12.0. The Morgan fingerprint density at radius 2 is 1.83 bits per heavy atom. The fraction of sp³-hybridized carbons (Fsp3) is 0. The molecular weight excluding hydrogens is 292 g/mol. The van der Waals surface area contributed by atoms with E-state index in [1.165, 1.54) is 6.26 Å². The molecule has 5 nitrogen and oxygen atoms in total. The minimum Gasteiger partial charge on any atom is -0.461 e. The lowest BCUT2D eigenvalue weighted by Crippen LogP contribution is -2.24. The molecule has 0 spiro atoms. The van der Waals surface area contributed by atoms with Gasteiger partial charge in [0.1, 0.15) is 17.2 Å². The molecule has 2 aromatic heterocycles. The molecule has 0 atom stereocenters. The highest BCUT2D eigenvalue weighted by Gasteiger charge is 2.23. The third-order valence-corrected chi connectivity index (χ3v) is 3.42. The fourth-order valence-corrected chi connectivity index (χ4v) is 2.32. The zero-order chi connectivity index (χ0) is 15.6. The zero-order valence-corrected chi connectivity index (χ0v) is 12.0. The first-order chi connectivity index (χ1) is 11.3. The van der Waals surface area contributed by atoms with Gasteiger partial charge in [-0.1, -0.05) is 30.3 Å². The number of benzene rings is 1. The number of hydrogen-bond acceptors (Lipinski definition) is 4. The number of nitrogens with zero attached hydrogens (tertiary/aromatic N) is 1. The summed E-state index contributed by atoms with van der Waals surface area (Å²) in [5.74, 6) is 1.95. The molecule has 3 heterocycles. The topological polar surface area (TPSA) is 67.7 Å². The van der Waals surface area contributed by atoms with Crippen LogP contribution in [0.25, 0.3) is 17.4 Å². The van der Waals surface area contributed by atoms with Crippen LogP contribution in [0.1, 0.15) is 11.5 Å². The molecule has 1 aliphatic heterocycles. The van der Waals surface area contributed by atoms with Crippen LogP contribution in [0.3, 0.4) is 0 Å². The summed E-state index contributed by atoms with van der Waals surface area (Å²) in [6, 6.07) is 16.9. The lowest BCUT2D eigenvalue weighted by Gasteiger charge is -1.95. The Labute approximate surface area is 132 Å². The third kappa shape index (κ3) is 2.60. The van der Waals surface area contributed by atoms with Gasteiger partial charge in [-0.3, -0.25) is 4.79 Å². The van der Waals surface area contributed by atoms with Crippen LogP contribution in [0.15, 0.2) is 80.4 Å². The maximum atomic E-state index is 12.0. The van der Waals surface area contributed by atoms with Crippen molar-refractivity contribution in [3.05, 3.63) is 78.1 Å². The third-order valence-electron chi connectivity index (χ3n) is 3.42. The number of rotatable bonds is 3. The molecule has 0 fully saturated rings. The van der Waals surface area contributed by atoms with Crippen molar-refractivity contribution in [1.82, 2.24) is 5.32 Å². The van der Waals surface area contributed by atoms with Crippen LogP contribution < -0.4 is 5.32 Å². The molecule has 0 bridgehead atoms. The van der Waals surface area contributed by atoms with Gasteiger partial charge in [-0.25, -0.2) is 4.99 Å². The van der Waals surface area contributed by atoms with E-state index in [1.54, 1.807) is 18.2 Å². The van der Waals surface area contributed by atoms with E-state index in [9.17, 15) is 4.79 Å². The smallest absolute Gasteiger partial charge is 0.275 e. The van der Waals surface area contributed by atoms with Crippen molar-refractivity contribution in [2.75, 3.05) is 0 Å². The Bertz CT molecular complexity index is 903. The van der Waals surface area contributed by atoms with E-state index >= 15 is 0 Å². The van der Waals surface area contributed by atoms with Gasteiger partial charge >= 0.3 is 0 Å². The van der Waals surface area contributed by atoms with Crippen molar-refractivity contribution in [1.29, 1.82) is 0 Å². The number of hydrogen-bond donors (Lipinski definition) is 1. The first-order valence-corrected chi connectivity index (χ1v) is 7.10. The Morgan fingerprint density at radius 1 is 0.957 bits per heavy atom. The summed E-state index contributed by atoms with van der Waals surface area (Å²) in [4.78, 5) is 16.2. The minimum absolute atomic E-state index is 0.283. The molecule has 1 aliphatic rings. The summed E-state index contributed by atoms with van der Waals surface area (Å²) in [6.07, 6.45) is 3.14. The van der Waals surface area contributed by atoms with Gasteiger partial charge in [-0.2, -0.15) is 0 Å². The van der Waals surface area contributed by atoms with Gasteiger partial charge in [0.25, 0.3) is 5.91 Å². The molecule has 112 valence electrons. The first kappa shape index (κ1) is 13.3. The molecule has 0 radical (unpaired) electrons. The van der Waals surface area contributed by atoms with Crippen molar-refractivity contribution in [3.63, 3.8) is 0 Å². The summed E-state index contributed by atoms with van der Waals surface area (Å²) in [7, 11) is 0. The maximum Gasteiger partial charge on any atom is 0.275 e. The van der Waals surface area contributed by atoms with Gasteiger partial charge in [-0.05, 0) is 24.3 Å². The Kier molecular flexibility index (Phi) is 3.16. The standard InChI is InChI=1S/C18H12N2O3/c21-18-14(19-17(20-18)16-7-4-10-22-16)11-13-8-9-15(23-13)12-5-2-1-3-6-12/h1-11H,(H,19,20,21). The van der Waals surface area contributed by atoms with E-state index in [4.69, 9.17) is 8.83 Å². The molecule has 5 heteroatoms. The van der Waals surface area contributed by atoms with Crippen molar-refractivity contribution in [2.45, 2.75) is 0 Å². The summed E-state index contributed by atoms with van der Waals surface area (Å²) in [5.41, 5.74) is 1.26. The molecular formula is C18H12N2O3. The van der Waals surface area contributed by atoms with E-state index in [1.807, 2.05) is 42.5 Å². The Balaban J connectivity index is 1.63. The first-order valence-electron chi connectivity index (χ1n) is 7.10. The predicted molar refractivity (Wildman–Crippen MR) is 85.5 cm³/mol. The van der Waals surface area contributed by atoms with Gasteiger partial charge in [0, 0.05) is 11.6 Å². The highest BCUT2D eigenvalue weighted by molar-refractivity contribution is 6.18. The molecule has 1 aromatic carbocycles. The number of furan rings is 2. The quantitative estimate of drug-likeness (QED) is 0.753. The number of amides is 1. The van der Waals surface area contributed by atoms with Crippen molar-refractivity contribution in [3.8, 4) is 11.3 Å². The van der Waals surface area contributed by atoms with Crippen LogP contribution in [0.4, 0.5) is 0 Å². The van der Waals surface area contributed by atoms with Gasteiger partial charge in [-0.15, -0.1) is 0 Å². The van der Waals surface area contributed by atoms with Crippen LogP contribution >= 0.6 is 0 Å². The summed E-state index contributed by atoms with van der Waals surface area (Å²) in [5, 5.41) is 2.67. The molecule has 0 saturated carbocycles. The average Bonchev–Trinajstić information content (AvgIpc) is 3.31. The Morgan fingerprint density at radius 3 is 2.61 bits per heavy atom. The van der Waals surface area contributed by atoms with Gasteiger partial charge in [0.15, 0.2) is 11.6 Å². The largest absolute Gasteiger partial charge is 0.461 e. The van der Waals surface area contributed by atoms with Crippen LogP contribution in [-0.2, 0) is 4.79 Å².